The summed E-state index contributed by atoms with van der Waals surface area (Å²) in [6, 6.07) is 0. The zero-order chi connectivity index (χ0) is 44.4. The quantitative estimate of drug-likeness (QED) is 0.0507. The maximum Gasteiger partial charge on any atom is 0.160 e. The number of aromatic nitrogens is 4. The van der Waals surface area contributed by atoms with Crippen LogP contribution in [0.15, 0.2) is 0 Å². The minimum absolute atomic E-state index is 0.528. The highest BCUT2D eigenvalue weighted by molar-refractivity contribution is 7.35. The van der Waals surface area contributed by atoms with Gasteiger partial charge in [0.15, 0.2) is 12.6 Å². The van der Waals surface area contributed by atoms with E-state index in [1.54, 1.807) is 22.7 Å². The van der Waals surface area contributed by atoms with Crippen molar-refractivity contribution in [2.24, 2.45) is 23.7 Å². The van der Waals surface area contributed by atoms with Crippen LogP contribution in [0.5, 0.6) is 0 Å². The highest BCUT2D eigenvalue weighted by Gasteiger charge is 2.33. The van der Waals surface area contributed by atoms with Crippen LogP contribution < -0.4 is 0 Å². The van der Waals surface area contributed by atoms with Crippen LogP contribution in [-0.4, -0.2) is 30.5 Å². The fourth-order valence-electron chi connectivity index (χ4n) is 10.7. The number of fused-ring (bicyclic) bond motifs is 14. The molecule has 1 aromatic carbocycles. The minimum Gasteiger partial charge on any atom is -0.337 e. The van der Waals surface area contributed by atoms with Gasteiger partial charge in [-0.1, -0.05) is 145 Å². The van der Waals surface area contributed by atoms with Crippen molar-refractivity contribution in [1.82, 2.24) is 17.9 Å². The summed E-state index contributed by atoms with van der Waals surface area (Å²) in [5.41, 5.74) is 9.83. The summed E-state index contributed by atoms with van der Waals surface area (Å²) < 4.78 is 23.8. The Balaban J connectivity index is 1.50. The fraction of sp³-hybridized carbons (Fsp3) is 0.615. The predicted octanol–water partition coefficient (Wildman–Crippen LogP) is 18.0. The number of aldehydes is 2. The van der Waals surface area contributed by atoms with E-state index in [-0.39, 0.29) is 0 Å². The average Bonchev–Trinajstić information content (AvgIpc) is 4.17. The van der Waals surface area contributed by atoms with Crippen molar-refractivity contribution in [3.63, 3.8) is 0 Å². The van der Waals surface area contributed by atoms with Gasteiger partial charge in [0.05, 0.1) is 71.7 Å². The van der Waals surface area contributed by atoms with Crippen LogP contribution in [0.2, 0.25) is 0 Å². The largest absolute Gasteiger partial charge is 0.337 e. The van der Waals surface area contributed by atoms with E-state index in [0.29, 0.717) is 23.7 Å². The Kier molecular flexibility index (Phi) is 15.5. The monoisotopic (exact) mass is 942 g/mol. The summed E-state index contributed by atoms with van der Waals surface area (Å²) in [7, 11) is 0. The molecule has 11 heteroatoms. The molecule has 7 heterocycles. The number of nitrogens with zero attached hydrogens (tertiary/aromatic N) is 4. The van der Waals surface area contributed by atoms with E-state index in [0.717, 1.165) is 85.0 Å². The first kappa shape index (κ1) is 46.8. The summed E-state index contributed by atoms with van der Waals surface area (Å²) in [6.45, 7) is 20.5. The van der Waals surface area contributed by atoms with Gasteiger partial charge in [-0.15, -0.1) is 45.3 Å². The van der Waals surface area contributed by atoms with Gasteiger partial charge in [0, 0.05) is 23.9 Å². The average molecular weight is 943 g/mol. The lowest BCUT2D eigenvalue weighted by Gasteiger charge is -2.20. The maximum absolute atomic E-state index is 13.0. The van der Waals surface area contributed by atoms with E-state index < -0.39 is 0 Å². The standard InChI is InChI=1S/C52H70N4O2S5/c1-9-17-21-31(13-5)25-35-37(29-57)59-51-45-49(61-47(35)51)39-41-42(54-63-53-41)40-44(43(39)55(45)27-33(15-7)23-19-11-3)56(28-34(16-8)24-20-12-4)46-50(40)62-48-36(38(30-58)60-52(46)48)26-32(14-6)22-18-10-2/h29-34H,9-28H2,1-8H3. The molecule has 63 heavy (non-hydrogen) atoms. The van der Waals surface area contributed by atoms with Gasteiger partial charge in [0.1, 0.15) is 11.0 Å². The van der Waals surface area contributed by atoms with Crippen molar-refractivity contribution in [3.05, 3.63) is 20.9 Å². The van der Waals surface area contributed by atoms with Gasteiger partial charge in [0.25, 0.3) is 0 Å². The van der Waals surface area contributed by atoms with Crippen LogP contribution in [0.4, 0.5) is 0 Å². The second kappa shape index (κ2) is 20.9. The van der Waals surface area contributed by atoms with Crippen LogP contribution in [0.25, 0.3) is 72.1 Å². The van der Waals surface area contributed by atoms with Gasteiger partial charge in [0.2, 0.25) is 0 Å². The molecule has 8 rings (SSSR count). The van der Waals surface area contributed by atoms with Gasteiger partial charge in [-0.2, -0.15) is 8.75 Å². The number of thiophene rings is 4. The minimum atomic E-state index is 0.528. The first-order valence-corrected chi connectivity index (χ1v) is 28.8. The van der Waals surface area contributed by atoms with Crippen molar-refractivity contribution in [2.75, 3.05) is 0 Å². The van der Waals surface area contributed by atoms with Crippen LogP contribution in [-0.2, 0) is 25.9 Å². The number of hydrogen-bond acceptors (Lipinski definition) is 9. The molecule has 0 bridgehead atoms. The molecular formula is C52H70N4O2S5. The highest BCUT2D eigenvalue weighted by Crippen LogP contribution is 2.55. The van der Waals surface area contributed by atoms with Crippen molar-refractivity contribution in [2.45, 2.75) is 184 Å². The number of carbonyl (C=O) groups excluding carboxylic acids is 2. The fourth-order valence-corrected chi connectivity index (χ4v) is 16.9. The van der Waals surface area contributed by atoms with Crippen LogP contribution in [0.1, 0.15) is 189 Å². The third-order valence-corrected chi connectivity index (χ3v) is 20.3. The molecule has 6 nitrogen and oxygen atoms in total. The van der Waals surface area contributed by atoms with Crippen LogP contribution >= 0.6 is 57.1 Å². The Bertz CT molecular complexity index is 2650. The molecule has 340 valence electrons. The SMILES string of the molecule is CCCCC(CC)Cc1c(C=O)sc2c1sc1c3c4nsnc4c4c5sc6c(CC(CC)CCCC)c(C=O)sc6c5n(CC(CC)CCCC)c4c3n(CC(CC)CCCC)c21. The Morgan fingerprint density at radius 3 is 1.16 bits per heavy atom. The molecule has 0 fully saturated rings. The van der Waals surface area contributed by atoms with E-state index in [1.165, 1.54) is 161 Å². The first-order chi connectivity index (χ1) is 30.8. The molecule has 4 unspecified atom stereocenters. The molecular weight excluding hydrogens is 873 g/mol. The van der Waals surface area contributed by atoms with E-state index in [9.17, 15) is 9.59 Å². The second-order valence-corrected chi connectivity index (χ2v) is 23.4. The Hall–Kier alpha value is -2.70. The molecule has 4 atom stereocenters. The van der Waals surface area contributed by atoms with Crippen molar-refractivity contribution < 1.29 is 9.59 Å². The lowest BCUT2D eigenvalue weighted by atomic mass is 9.92. The molecule has 0 saturated heterocycles. The molecule has 7 aromatic heterocycles. The molecule has 0 N–H and O–H groups in total. The van der Waals surface area contributed by atoms with E-state index in [2.05, 4.69) is 64.5 Å². The van der Waals surface area contributed by atoms with Gasteiger partial charge >= 0.3 is 0 Å². The molecule has 8 aromatic rings. The van der Waals surface area contributed by atoms with Crippen molar-refractivity contribution in [1.29, 1.82) is 0 Å². The summed E-state index contributed by atoms with van der Waals surface area (Å²) in [6.07, 6.45) is 23.2. The third kappa shape index (κ3) is 8.51. The van der Waals surface area contributed by atoms with Gasteiger partial charge < -0.3 is 9.13 Å². The molecule has 0 radical (unpaired) electrons. The third-order valence-electron chi connectivity index (χ3n) is 14.7. The van der Waals surface area contributed by atoms with Gasteiger partial charge in [-0.05, 0) is 60.5 Å². The summed E-state index contributed by atoms with van der Waals surface area (Å²) >= 11 is 8.68. The normalized spacial score (nSPS) is 14.5. The number of unbranched alkanes of at least 4 members (excludes halogenated alkanes) is 4. The maximum atomic E-state index is 13.0. The summed E-state index contributed by atoms with van der Waals surface area (Å²) in [5.74, 6) is 2.20. The summed E-state index contributed by atoms with van der Waals surface area (Å²) in [5, 5.41) is 2.51. The van der Waals surface area contributed by atoms with E-state index in [4.69, 9.17) is 8.75 Å². The second-order valence-electron chi connectivity index (χ2n) is 18.7. The van der Waals surface area contributed by atoms with E-state index in [1.807, 2.05) is 22.7 Å². The molecule has 0 saturated carbocycles. The topological polar surface area (TPSA) is 69.8 Å². The number of hydrogen-bond donors (Lipinski definition) is 0. The van der Waals surface area contributed by atoms with Crippen molar-refractivity contribution in [3.8, 4) is 0 Å². The molecule has 0 amide bonds. The molecule has 0 aliphatic heterocycles. The Labute approximate surface area is 395 Å². The highest BCUT2D eigenvalue weighted by atomic mass is 32.1. The lowest BCUT2D eigenvalue weighted by molar-refractivity contribution is 0.111. The Morgan fingerprint density at radius 2 is 0.825 bits per heavy atom. The van der Waals surface area contributed by atoms with Crippen LogP contribution in [0.3, 0.4) is 0 Å². The molecule has 0 spiro atoms. The molecule has 0 aliphatic rings. The first-order valence-electron chi connectivity index (χ1n) is 24.8. The summed E-state index contributed by atoms with van der Waals surface area (Å²) in [4.78, 5) is 27.8. The zero-order valence-electron chi connectivity index (χ0n) is 39.3. The van der Waals surface area contributed by atoms with Crippen LogP contribution in [0, 0.1) is 23.7 Å². The van der Waals surface area contributed by atoms with Gasteiger partial charge in [-0.25, -0.2) is 0 Å². The van der Waals surface area contributed by atoms with E-state index >= 15 is 0 Å². The number of benzene rings is 1. The van der Waals surface area contributed by atoms with Crippen molar-refractivity contribution >= 4 is 142 Å². The molecule has 0 aliphatic carbocycles. The number of carbonyl (C=O) groups is 2. The van der Waals surface area contributed by atoms with Gasteiger partial charge in [-0.3, -0.25) is 9.59 Å². The number of rotatable bonds is 26. The Morgan fingerprint density at radius 1 is 0.460 bits per heavy atom. The smallest absolute Gasteiger partial charge is 0.160 e. The predicted molar refractivity (Wildman–Crippen MR) is 281 cm³/mol. The lowest BCUT2D eigenvalue weighted by Crippen LogP contribution is -2.13. The zero-order valence-corrected chi connectivity index (χ0v) is 43.3.